The van der Waals surface area contributed by atoms with Gasteiger partial charge in [0.25, 0.3) is 0 Å². The first kappa shape index (κ1) is 37.5. The minimum Gasteiger partial charge on any atom is -0.203 e. The summed E-state index contributed by atoms with van der Waals surface area (Å²) >= 11 is 0. The van der Waals surface area contributed by atoms with E-state index in [1.807, 2.05) is 55.5 Å². The van der Waals surface area contributed by atoms with Crippen LogP contribution in [0.2, 0.25) is 0 Å². The maximum Gasteiger partial charge on any atom is 0.307 e. The second-order valence-corrected chi connectivity index (χ2v) is 19.5. The van der Waals surface area contributed by atoms with E-state index in [9.17, 15) is 8.42 Å². The molecule has 0 N–H and O–H groups in total. The zero-order chi connectivity index (χ0) is 40.7. The monoisotopic (exact) mass is 812 g/mol. The Morgan fingerprint density at radius 1 is 0.317 bits per heavy atom. The van der Waals surface area contributed by atoms with Gasteiger partial charge in [0.1, 0.15) is 0 Å². The highest BCUT2D eigenvalue weighted by Crippen LogP contribution is 2.70. The summed E-state index contributed by atoms with van der Waals surface area (Å²) in [5.74, 6) is 0. The Kier molecular flexibility index (Phi) is 9.65. The molecule has 0 aromatic heterocycles. The minimum atomic E-state index is -4.32. The van der Waals surface area contributed by atoms with Crippen LogP contribution in [0.3, 0.4) is 0 Å². The van der Waals surface area contributed by atoms with Crippen molar-refractivity contribution in [3.63, 3.8) is 0 Å². The van der Waals surface area contributed by atoms with Crippen molar-refractivity contribution in [3.05, 3.63) is 230 Å². The molecule has 5 heteroatoms. The van der Waals surface area contributed by atoms with Crippen LogP contribution in [0.25, 0.3) is 65.7 Å². The highest BCUT2D eigenvalue weighted by Gasteiger charge is 2.38. The standard InChI is InChI=1S/C55H40O3S2/c1-39-23-31-49(32-24-39)60(56,57)58-59(46-33-25-43(26-34-46)53-20-8-14-40-11-2-5-17-50(40)53,47-35-27-44(28-36-47)54-21-9-15-41-12-3-6-18-51(41)54)48-37-29-45(30-38-48)55-22-10-16-42-13-4-7-19-52(42)55/h2-38H,1H3. The summed E-state index contributed by atoms with van der Waals surface area (Å²) in [6, 6.07) is 75.8. The fourth-order valence-corrected chi connectivity index (χ4v) is 13.5. The molecule has 10 aromatic carbocycles. The van der Waals surface area contributed by atoms with Crippen molar-refractivity contribution in [3.8, 4) is 33.4 Å². The van der Waals surface area contributed by atoms with Gasteiger partial charge in [-0.2, -0.15) is 8.42 Å². The van der Waals surface area contributed by atoms with E-state index in [4.69, 9.17) is 3.63 Å². The highest BCUT2D eigenvalue weighted by molar-refractivity contribution is 8.33. The van der Waals surface area contributed by atoms with Gasteiger partial charge in [-0.05, 0) is 131 Å². The normalized spacial score (nSPS) is 12.2. The molecule has 0 aliphatic carbocycles. The van der Waals surface area contributed by atoms with Gasteiger partial charge >= 0.3 is 10.1 Å². The van der Waals surface area contributed by atoms with Crippen molar-refractivity contribution in [2.24, 2.45) is 0 Å². The third-order valence-electron chi connectivity index (χ3n) is 11.4. The van der Waals surface area contributed by atoms with Crippen LogP contribution in [0.1, 0.15) is 5.56 Å². The molecule has 0 bridgehead atoms. The lowest BCUT2D eigenvalue weighted by atomic mass is 9.98. The summed E-state index contributed by atoms with van der Waals surface area (Å²) in [5, 5.41) is 6.92. The van der Waals surface area contributed by atoms with Crippen LogP contribution >= 0.6 is 10.3 Å². The van der Waals surface area contributed by atoms with Crippen molar-refractivity contribution < 1.29 is 12.0 Å². The molecule has 0 amide bonds. The molecule has 0 fully saturated rings. The topological polar surface area (TPSA) is 43.4 Å². The fraction of sp³-hybridized carbons (Fsp3) is 0.0182. The Morgan fingerprint density at radius 2 is 0.617 bits per heavy atom. The maximum absolute atomic E-state index is 14.8. The Balaban J connectivity index is 1.19. The lowest BCUT2D eigenvalue weighted by Crippen LogP contribution is -2.14. The average molecular weight is 813 g/mol. The molecule has 0 unspecified atom stereocenters. The van der Waals surface area contributed by atoms with Crippen LogP contribution in [-0.2, 0) is 13.7 Å². The van der Waals surface area contributed by atoms with Gasteiger partial charge in [-0.25, -0.2) is 3.63 Å². The van der Waals surface area contributed by atoms with E-state index in [0.29, 0.717) is 0 Å². The van der Waals surface area contributed by atoms with Crippen molar-refractivity contribution in [2.45, 2.75) is 26.5 Å². The fourth-order valence-electron chi connectivity index (χ4n) is 8.31. The van der Waals surface area contributed by atoms with Gasteiger partial charge in [0.2, 0.25) is 0 Å². The molecule has 0 saturated heterocycles. The van der Waals surface area contributed by atoms with Gasteiger partial charge in [-0.1, -0.05) is 181 Å². The summed E-state index contributed by atoms with van der Waals surface area (Å²) in [6.45, 7) is 1.94. The van der Waals surface area contributed by atoms with Crippen LogP contribution in [0.15, 0.2) is 244 Å². The first-order valence-corrected chi connectivity index (χ1v) is 22.9. The SMILES string of the molecule is Cc1ccc(S(=O)(=O)OS(c2ccc(-c3cccc4ccccc34)cc2)(c2ccc(-c3cccc4ccccc34)cc2)c2ccc(-c3cccc4ccccc34)cc2)cc1. The summed E-state index contributed by atoms with van der Waals surface area (Å²) < 4.78 is 36.5. The predicted octanol–water partition coefficient (Wildman–Crippen LogP) is 15.1. The number of fused-ring (bicyclic) bond motifs is 3. The third-order valence-corrected chi connectivity index (χ3v) is 16.6. The first-order chi connectivity index (χ1) is 29.4. The van der Waals surface area contributed by atoms with Crippen molar-refractivity contribution in [1.82, 2.24) is 0 Å². The maximum atomic E-state index is 14.8. The molecule has 10 rings (SSSR count). The molecule has 0 spiro atoms. The number of benzene rings is 10. The molecule has 290 valence electrons. The Morgan fingerprint density at radius 3 is 0.967 bits per heavy atom. The smallest absolute Gasteiger partial charge is 0.203 e. The van der Waals surface area contributed by atoms with E-state index >= 15 is 0 Å². The van der Waals surface area contributed by atoms with Gasteiger partial charge in [-0.3, -0.25) is 0 Å². The van der Waals surface area contributed by atoms with Gasteiger partial charge in [0.05, 0.1) is 4.90 Å². The summed E-state index contributed by atoms with van der Waals surface area (Å²) in [6.07, 6.45) is 0. The molecular weight excluding hydrogens is 773 g/mol. The second-order valence-electron chi connectivity index (χ2n) is 15.0. The van der Waals surface area contributed by atoms with E-state index < -0.39 is 20.4 Å². The quantitative estimate of drug-likeness (QED) is 0.146. The summed E-state index contributed by atoms with van der Waals surface area (Å²) in [7, 11) is -7.28. The van der Waals surface area contributed by atoms with Crippen LogP contribution in [0.4, 0.5) is 0 Å². The van der Waals surface area contributed by atoms with Crippen molar-refractivity contribution in [1.29, 1.82) is 0 Å². The molecule has 0 heterocycles. The summed E-state index contributed by atoms with van der Waals surface area (Å²) in [4.78, 5) is 2.39. The second kappa shape index (κ2) is 15.4. The van der Waals surface area contributed by atoms with E-state index in [-0.39, 0.29) is 4.90 Å². The Hall–Kier alpha value is -6.76. The number of hydrogen-bond acceptors (Lipinski definition) is 3. The molecule has 0 aliphatic rings. The molecule has 10 aromatic rings. The molecule has 60 heavy (non-hydrogen) atoms. The third kappa shape index (κ3) is 6.77. The van der Waals surface area contributed by atoms with Crippen LogP contribution in [0, 0.1) is 6.92 Å². The lowest BCUT2D eigenvalue weighted by molar-refractivity contribution is 0.508. The van der Waals surface area contributed by atoms with E-state index in [1.165, 1.54) is 0 Å². The van der Waals surface area contributed by atoms with E-state index in [1.54, 1.807) is 12.1 Å². The molecule has 3 nitrogen and oxygen atoms in total. The van der Waals surface area contributed by atoms with Gasteiger partial charge < -0.3 is 0 Å². The Bertz CT molecular complexity index is 2970. The lowest BCUT2D eigenvalue weighted by Gasteiger charge is -2.39. The number of aryl methyl sites for hydroxylation is 1. The summed E-state index contributed by atoms with van der Waals surface area (Å²) in [5.41, 5.74) is 7.37. The van der Waals surface area contributed by atoms with Crippen LogP contribution in [0.5, 0.6) is 0 Å². The molecule has 0 radical (unpaired) electrons. The zero-order valence-electron chi connectivity index (χ0n) is 32.9. The van der Waals surface area contributed by atoms with Crippen LogP contribution in [-0.4, -0.2) is 8.42 Å². The first-order valence-electron chi connectivity index (χ1n) is 20.0. The van der Waals surface area contributed by atoms with Crippen LogP contribution < -0.4 is 0 Å². The van der Waals surface area contributed by atoms with Crippen molar-refractivity contribution in [2.75, 3.05) is 0 Å². The highest BCUT2D eigenvalue weighted by atomic mass is 32.3. The average Bonchev–Trinajstić information content (AvgIpc) is 3.30. The molecular formula is C55H40O3S2. The number of hydrogen-bond donors (Lipinski definition) is 0. The predicted molar refractivity (Wildman–Crippen MR) is 250 cm³/mol. The minimum absolute atomic E-state index is 0.108. The molecule has 0 aliphatic heterocycles. The largest absolute Gasteiger partial charge is 0.307 e. The molecule has 0 saturated carbocycles. The van der Waals surface area contributed by atoms with Gasteiger partial charge in [0, 0.05) is 14.7 Å². The van der Waals surface area contributed by atoms with Gasteiger partial charge in [0.15, 0.2) is 0 Å². The van der Waals surface area contributed by atoms with Crippen molar-refractivity contribution >= 4 is 52.7 Å². The van der Waals surface area contributed by atoms with E-state index in [0.717, 1.165) is 85.9 Å². The molecule has 0 atom stereocenters. The van der Waals surface area contributed by atoms with Gasteiger partial charge in [-0.15, -0.1) is 0 Å². The number of rotatable bonds is 9. The Labute approximate surface area is 352 Å². The zero-order valence-corrected chi connectivity index (χ0v) is 34.5. The van der Waals surface area contributed by atoms with E-state index in [2.05, 4.69) is 164 Å².